The zero-order valence-electron chi connectivity index (χ0n) is 16.9. The highest BCUT2D eigenvalue weighted by atomic mass is 28.4. The Morgan fingerprint density at radius 2 is 1.60 bits per heavy atom. The number of hydrogen-bond donors (Lipinski definition) is 2. The van der Waals surface area contributed by atoms with Crippen LogP contribution in [0.3, 0.4) is 0 Å². The first-order valence-corrected chi connectivity index (χ1v) is 16.7. The van der Waals surface area contributed by atoms with Crippen LogP contribution in [0.15, 0.2) is 12.2 Å². The lowest BCUT2D eigenvalue weighted by Crippen LogP contribution is -2.65. The predicted molar refractivity (Wildman–Crippen MR) is 106 cm³/mol. The van der Waals surface area contributed by atoms with Crippen molar-refractivity contribution < 1.29 is 28.0 Å². The molecule has 0 aromatic heterocycles. The summed E-state index contributed by atoms with van der Waals surface area (Å²) in [5, 5.41) is 18.9. The van der Waals surface area contributed by atoms with Crippen LogP contribution in [0, 0.1) is 0 Å². The van der Waals surface area contributed by atoms with Gasteiger partial charge in [-0.15, -0.1) is 0 Å². The zero-order chi connectivity index (χ0) is 20.1. The summed E-state index contributed by atoms with van der Waals surface area (Å²) < 4.78 is 18.4. The van der Waals surface area contributed by atoms with E-state index in [2.05, 4.69) is 6.58 Å². The molecule has 2 N–H and O–H groups in total. The second-order valence-electron chi connectivity index (χ2n) is 8.22. The lowest BCUT2D eigenvalue weighted by atomic mass is 10.1. The maximum atomic E-state index is 12.3. The summed E-state index contributed by atoms with van der Waals surface area (Å²) in [6, 6.07) is 0. The van der Waals surface area contributed by atoms with E-state index in [1.54, 1.807) is 6.92 Å². The van der Waals surface area contributed by atoms with Gasteiger partial charge >= 0.3 is 15.3 Å². The standard InChI is InChI=1S/C16H35O6Si3/c1-10-11-16(14(18)12-17,20-15(19)13(2)3)23(21-24(4,5)6)22-25(7,8)9/h14,17-18H,2,10-12H2,1,3-9H3. The number of aliphatic hydroxyl groups excluding tert-OH is 2. The number of esters is 1. The van der Waals surface area contributed by atoms with Gasteiger partial charge in [-0.25, -0.2) is 4.79 Å². The molecule has 25 heavy (non-hydrogen) atoms. The van der Waals surface area contributed by atoms with Crippen molar-refractivity contribution in [2.75, 3.05) is 6.61 Å². The van der Waals surface area contributed by atoms with Gasteiger partial charge in [-0.2, -0.15) is 0 Å². The molecule has 0 aliphatic rings. The Morgan fingerprint density at radius 3 is 1.88 bits per heavy atom. The van der Waals surface area contributed by atoms with E-state index in [1.807, 2.05) is 46.2 Å². The molecule has 0 aliphatic carbocycles. The third kappa shape index (κ3) is 8.29. The zero-order valence-corrected chi connectivity index (χ0v) is 19.9. The van der Waals surface area contributed by atoms with Crippen LogP contribution in [-0.2, 0) is 17.8 Å². The van der Waals surface area contributed by atoms with Gasteiger partial charge in [0.1, 0.15) is 6.10 Å². The molecule has 0 bridgehead atoms. The van der Waals surface area contributed by atoms with E-state index in [9.17, 15) is 15.0 Å². The summed E-state index contributed by atoms with van der Waals surface area (Å²) in [7, 11) is -6.35. The van der Waals surface area contributed by atoms with Crippen LogP contribution in [0.5, 0.6) is 0 Å². The third-order valence-electron chi connectivity index (χ3n) is 3.10. The van der Waals surface area contributed by atoms with Crippen LogP contribution in [0.25, 0.3) is 0 Å². The Kier molecular flexibility index (Phi) is 9.47. The van der Waals surface area contributed by atoms with Crippen molar-refractivity contribution in [1.29, 1.82) is 0 Å². The Hall–Kier alpha value is -0.299. The van der Waals surface area contributed by atoms with Gasteiger partial charge < -0.3 is 23.2 Å². The smallest absolute Gasteiger partial charge is 0.414 e. The van der Waals surface area contributed by atoms with Gasteiger partial charge in [-0.1, -0.05) is 19.9 Å². The van der Waals surface area contributed by atoms with E-state index in [1.165, 1.54) is 0 Å². The maximum absolute atomic E-state index is 12.3. The first-order valence-electron chi connectivity index (χ1n) is 8.61. The van der Waals surface area contributed by atoms with Crippen molar-refractivity contribution in [1.82, 2.24) is 0 Å². The van der Waals surface area contributed by atoms with Crippen LogP contribution < -0.4 is 0 Å². The molecular formula is C16H35O6Si3. The largest absolute Gasteiger partial charge is 0.451 e. The van der Waals surface area contributed by atoms with E-state index in [0.717, 1.165) is 0 Å². The average molecular weight is 408 g/mol. The van der Waals surface area contributed by atoms with Crippen molar-refractivity contribution in [3.63, 3.8) is 0 Å². The van der Waals surface area contributed by atoms with Crippen molar-refractivity contribution in [2.45, 2.75) is 77.3 Å². The van der Waals surface area contributed by atoms with Gasteiger partial charge in [0.05, 0.1) is 6.61 Å². The molecule has 0 fully saturated rings. The third-order valence-corrected chi connectivity index (χ3v) is 10.9. The molecule has 0 aromatic rings. The Bertz CT molecular complexity index is 442. The van der Waals surface area contributed by atoms with E-state index < -0.39 is 49.8 Å². The number of hydrogen-bond acceptors (Lipinski definition) is 6. The van der Waals surface area contributed by atoms with Crippen LogP contribution in [0.4, 0.5) is 0 Å². The molecule has 0 spiro atoms. The summed E-state index contributed by atoms with van der Waals surface area (Å²) in [5.74, 6) is -0.609. The molecule has 0 saturated carbocycles. The lowest BCUT2D eigenvalue weighted by Gasteiger charge is -2.43. The van der Waals surface area contributed by atoms with E-state index in [-0.39, 0.29) is 5.57 Å². The SMILES string of the molecule is C=C(C)C(=O)OC(CCC)(C(O)CO)[Si](O[Si](C)(C)C)O[Si](C)(C)C. The molecule has 0 rings (SSSR count). The monoisotopic (exact) mass is 407 g/mol. The topological polar surface area (TPSA) is 85.2 Å². The fourth-order valence-corrected chi connectivity index (χ4v) is 9.45. The van der Waals surface area contributed by atoms with Gasteiger partial charge in [0.15, 0.2) is 21.9 Å². The minimum absolute atomic E-state index is 0.230. The number of ether oxygens (including phenoxy) is 1. The highest BCUT2D eigenvalue weighted by Gasteiger charge is 2.55. The lowest BCUT2D eigenvalue weighted by molar-refractivity contribution is -0.162. The second-order valence-corrected chi connectivity index (χ2v) is 19.7. The van der Waals surface area contributed by atoms with Gasteiger partial charge in [0.2, 0.25) is 0 Å². The highest BCUT2D eigenvalue weighted by molar-refractivity contribution is 6.81. The molecule has 2 atom stereocenters. The molecule has 147 valence electrons. The quantitative estimate of drug-likeness (QED) is 0.311. The molecule has 0 aromatic carbocycles. The summed E-state index contributed by atoms with van der Waals surface area (Å²) in [5.41, 5.74) is 0.230. The fraction of sp³-hybridized carbons (Fsp3) is 0.812. The van der Waals surface area contributed by atoms with Crippen LogP contribution >= 0.6 is 0 Å². The van der Waals surface area contributed by atoms with E-state index >= 15 is 0 Å². The minimum atomic E-state index is -2.23. The average Bonchev–Trinajstić information content (AvgIpc) is 2.41. The van der Waals surface area contributed by atoms with Gasteiger partial charge in [-0.3, -0.25) is 0 Å². The number of carbonyl (C=O) groups is 1. The van der Waals surface area contributed by atoms with Crippen LogP contribution in [0.1, 0.15) is 26.7 Å². The van der Waals surface area contributed by atoms with Crippen molar-refractivity contribution in [3.8, 4) is 0 Å². The number of aliphatic hydroxyl groups is 2. The van der Waals surface area contributed by atoms with Crippen molar-refractivity contribution >= 4 is 31.9 Å². The van der Waals surface area contributed by atoms with Crippen LogP contribution in [0.2, 0.25) is 39.3 Å². The molecule has 9 heteroatoms. The first-order chi connectivity index (χ1) is 11.2. The minimum Gasteiger partial charge on any atom is -0.451 e. The predicted octanol–water partition coefficient (Wildman–Crippen LogP) is 2.73. The highest BCUT2D eigenvalue weighted by Crippen LogP contribution is 2.32. The molecule has 0 amide bonds. The first kappa shape index (κ1) is 24.7. The normalized spacial score (nSPS) is 16.4. The Morgan fingerprint density at radius 1 is 1.16 bits per heavy atom. The molecular weight excluding hydrogens is 372 g/mol. The molecule has 1 radical (unpaired) electrons. The van der Waals surface area contributed by atoms with Gasteiger partial charge in [-0.05, 0) is 52.6 Å². The fourth-order valence-electron chi connectivity index (χ4n) is 2.09. The van der Waals surface area contributed by atoms with Gasteiger partial charge in [0.25, 0.3) is 0 Å². The second kappa shape index (κ2) is 9.58. The van der Waals surface area contributed by atoms with Gasteiger partial charge in [0, 0.05) is 5.57 Å². The Labute approximate surface area is 156 Å². The number of rotatable bonds is 11. The maximum Gasteiger partial charge on any atom is 0.414 e. The van der Waals surface area contributed by atoms with E-state index in [4.69, 9.17) is 13.0 Å². The summed E-state index contributed by atoms with van der Waals surface area (Å²) in [4.78, 5) is 12.3. The van der Waals surface area contributed by atoms with Crippen molar-refractivity contribution in [3.05, 3.63) is 12.2 Å². The number of carbonyl (C=O) groups excluding carboxylic acids is 1. The summed E-state index contributed by atoms with van der Waals surface area (Å²) in [6.07, 6.45) is -0.298. The summed E-state index contributed by atoms with van der Waals surface area (Å²) in [6.45, 7) is 18.7. The van der Waals surface area contributed by atoms with E-state index in [0.29, 0.717) is 12.8 Å². The summed E-state index contributed by atoms with van der Waals surface area (Å²) >= 11 is 0. The molecule has 2 unspecified atom stereocenters. The van der Waals surface area contributed by atoms with Crippen molar-refractivity contribution in [2.24, 2.45) is 0 Å². The molecule has 6 nitrogen and oxygen atoms in total. The van der Waals surface area contributed by atoms with Crippen LogP contribution in [-0.4, -0.2) is 60.0 Å². The molecule has 0 saturated heterocycles. The molecule has 0 heterocycles. The molecule has 0 aliphatic heterocycles. The Balaban J connectivity index is 6.17.